The summed E-state index contributed by atoms with van der Waals surface area (Å²) < 4.78 is 22.2. The Balaban J connectivity index is 1.12. The van der Waals surface area contributed by atoms with Crippen molar-refractivity contribution < 1.29 is 13.3 Å². The van der Waals surface area contributed by atoms with Crippen molar-refractivity contribution in [2.45, 2.75) is 0 Å². The molecule has 5 aromatic heterocycles. The lowest BCUT2D eigenvalue weighted by atomic mass is 10.0. The van der Waals surface area contributed by atoms with Crippen molar-refractivity contribution in [3.05, 3.63) is 182 Å². The summed E-state index contributed by atoms with van der Waals surface area (Å²) in [6.45, 7) is 0. The second-order valence-electron chi connectivity index (χ2n) is 15.9. The van der Waals surface area contributed by atoms with E-state index >= 15 is 0 Å². The first-order valence-electron chi connectivity index (χ1n) is 20.7. The highest BCUT2D eigenvalue weighted by Gasteiger charge is 2.25. The second kappa shape index (κ2) is 12.5. The van der Waals surface area contributed by atoms with E-state index in [0.717, 1.165) is 104 Å². The van der Waals surface area contributed by atoms with E-state index in [-0.39, 0.29) is 0 Å². The monoisotopic (exact) mass is 794 g/mol. The molecular formula is C55H30N4O3. The predicted molar refractivity (Wildman–Crippen MR) is 250 cm³/mol. The van der Waals surface area contributed by atoms with Crippen LogP contribution in [0.4, 0.5) is 0 Å². The molecule has 14 rings (SSSR count). The van der Waals surface area contributed by atoms with Gasteiger partial charge in [0.15, 0.2) is 17.5 Å². The fourth-order valence-corrected chi connectivity index (χ4v) is 9.62. The van der Waals surface area contributed by atoms with E-state index in [1.807, 2.05) is 72.8 Å². The first-order chi connectivity index (χ1) is 30.7. The molecule has 0 saturated carbocycles. The van der Waals surface area contributed by atoms with Crippen LogP contribution in [0.5, 0.6) is 0 Å². The zero-order valence-electron chi connectivity index (χ0n) is 32.8. The third-order valence-corrected chi connectivity index (χ3v) is 12.4. The van der Waals surface area contributed by atoms with E-state index in [1.165, 1.54) is 5.39 Å². The Morgan fingerprint density at radius 2 is 0.790 bits per heavy atom. The van der Waals surface area contributed by atoms with Crippen LogP contribution in [0.3, 0.4) is 0 Å². The van der Waals surface area contributed by atoms with Gasteiger partial charge in [0.25, 0.3) is 0 Å². The van der Waals surface area contributed by atoms with E-state index in [0.29, 0.717) is 28.6 Å². The summed E-state index contributed by atoms with van der Waals surface area (Å²) >= 11 is 0. The first-order valence-corrected chi connectivity index (χ1v) is 20.7. The maximum absolute atomic E-state index is 6.62. The summed E-state index contributed by atoms with van der Waals surface area (Å²) in [6.07, 6.45) is 0. The number of hydrogen-bond acceptors (Lipinski definition) is 6. The number of aromatic nitrogens is 4. The number of fused-ring (bicyclic) bond motifs is 13. The van der Waals surface area contributed by atoms with Crippen LogP contribution >= 0.6 is 0 Å². The van der Waals surface area contributed by atoms with Crippen molar-refractivity contribution in [3.8, 4) is 39.9 Å². The lowest BCUT2D eigenvalue weighted by molar-refractivity contribution is 0.668. The number of nitrogens with zero attached hydrogens (tertiary/aromatic N) is 4. The van der Waals surface area contributed by atoms with Gasteiger partial charge in [-0.1, -0.05) is 121 Å². The Kier molecular flexibility index (Phi) is 6.71. The van der Waals surface area contributed by atoms with Crippen LogP contribution in [0.15, 0.2) is 195 Å². The predicted octanol–water partition coefficient (Wildman–Crippen LogP) is 14.8. The Morgan fingerprint density at radius 3 is 1.42 bits per heavy atom. The molecule has 0 fully saturated rings. The minimum atomic E-state index is 0.478. The number of benzene rings is 9. The number of furan rings is 3. The molecule has 288 valence electrons. The highest BCUT2D eigenvalue weighted by Crippen LogP contribution is 2.43. The summed E-state index contributed by atoms with van der Waals surface area (Å²) in [5, 5.41) is 10.7. The van der Waals surface area contributed by atoms with E-state index < -0.39 is 0 Å². The molecule has 62 heavy (non-hydrogen) atoms. The van der Waals surface area contributed by atoms with Gasteiger partial charge in [0.05, 0.1) is 27.8 Å². The Hall–Kier alpha value is -8.55. The zero-order chi connectivity index (χ0) is 40.5. The van der Waals surface area contributed by atoms with Crippen molar-refractivity contribution in [1.29, 1.82) is 0 Å². The summed E-state index contributed by atoms with van der Waals surface area (Å²) in [4.78, 5) is 16.1. The molecule has 0 aliphatic carbocycles. The molecule has 0 aliphatic rings. The van der Waals surface area contributed by atoms with Gasteiger partial charge in [0, 0.05) is 48.7 Å². The molecule has 0 atom stereocenters. The number of hydrogen-bond donors (Lipinski definition) is 0. The van der Waals surface area contributed by atoms with Gasteiger partial charge in [-0.3, -0.25) is 0 Å². The fraction of sp³-hybridized carbons (Fsp3) is 0. The Bertz CT molecular complexity index is 4060. The van der Waals surface area contributed by atoms with Crippen molar-refractivity contribution >= 4 is 98.4 Å². The molecule has 0 aliphatic heterocycles. The summed E-state index contributed by atoms with van der Waals surface area (Å²) in [6, 6.07) is 62.8. The topological polar surface area (TPSA) is 83.0 Å². The smallest absolute Gasteiger partial charge is 0.167 e. The van der Waals surface area contributed by atoms with Gasteiger partial charge in [-0.15, -0.1) is 0 Å². The molecule has 0 bridgehead atoms. The molecule has 0 spiro atoms. The van der Waals surface area contributed by atoms with Crippen LogP contribution in [-0.2, 0) is 0 Å². The molecule has 0 N–H and O–H groups in total. The largest absolute Gasteiger partial charge is 0.456 e. The maximum atomic E-state index is 6.62. The molecule has 0 radical (unpaired) electrons. The highest BCUT2D eigenvalue weighted by atomic mass is 16.3. The van der Waals surface area contributed by atoms with E-state index in [4.69, 9.17) is 28.2 Å². The fourth-order valence-electron chi connectivity index (χ4n) is 9.62. The Morgan fingerprint density at radius 1 is 0.306 bits per heavy atom. The third kappa shape index (κ3) is 4.73. The molecule has 9 aromatic carbocycles. The van der Waals surface area contributed by atoms with E-state index in [1.54, 1.807) is 0 Å². The van der Waals surface area contributed by atoms with E-state index in [9.17, 15) is 0 Å². The average Bonchev–Trinajstić information content (AvgIpc) is 4.09. The lowest BCUT2D eigenvalue weighted by Crippen LogP contribution is -2.04. The quantitative estimate of drug-likeness (QED) is 0.176. The molecule has 0 amide bonds. The second-order valence-corrected chi connectivity index (χ2v) is 15.9. The summed E-state index contributed by atoms with van der Waals surface area (Å²) in [5.41, 5.74) is 9.92. The Labute approximate surface area is 351 Å². The van der Waals surface area contributed by atoms with Gasteiger partial charge in [-0.05, 0) is 71.4 Å². The molecule has 0 saturated heterocycles. The molecule has 5 heterocycles. The van der Waals surface area contributed by atoms with Crippen LogP contribution in [0.25, 0.3) is 138 Å². The summed E-state index contributed by atoms with van der Waals surface area (Å²) in [5.74, 6) is 1.44. The van der Waals surface area contributed by atoms with Crippen molar-refractivity contribution in [3.63, 3.8) is 0 Å². The first kappa shape index (κ1) is 33.3. The van der Waals surface area contributed by atoms with Gasteiger partial charge in [0.1, 0.15) is 33.5 Å². The zero-order valence-corrected chi connectivity index (χ0v) is 32.8. The van der Waals surface area contributed by atoms with Gasteiger partial charge >= 0.3 is 0 Å². The standard InChI is InChI=1S/C55H30N4O3/c1-2-14-32-28-45-41(27-31(32)13-1)33-15-3-7-23-44(33)59(45)46-29-42-36-18-6-8-24-47(36)60-50(42)30-43(46)55-57-53(39-21-11-19-37-34-16-4-9-25-48(34)61-51(37)39)56-54(58-55)40-22-12-20-38-35-17-5-10-26-49(35)62-52(38)40/h1-30H. The number of rotatable bonds is 4. The van der Waals surface area contributed by atoms with Crippen LogP contribution in [-0.4, -0.2) is 19.5 Å². The molecule has 7 heteroatoms. The van der Waals surface area contributed by atoms with Crippen LogP contribution in [0, 0.1) is 0 Å². The SMILES string of the molecule is c1ccc2cc3c(cc2c1)c1ccccc1n3-c1cc2c(cc1-c1nc(-c3cccc4c3oc3ccccc34)nc(-c3cccc4c3oc3ccccc34)n1)oc1ccccc12. The van der Waals surface area contributed by atoms with Crippen molar-refractivity contribution in [1.82, 2.24) is 19.5 Å². The lowest BCUT2D eigenvalue weighted by Gasteiger charge is -2.15. The van der Waals surface area contributed by atoms with Gasteiger partial charge in [-0.25, -0.2) is 15.0 Å². The highest BCUT2D eigenvalue weighted by molar-refractivity contribution is 6.16. The minimum absolute atomic E-state index is 0.478. The third-order valence-electron chi connectivity index (χ3n) is 12.4. The van der Waals surface area contributed by atoms with Crippen molar-refractivity contribution in [2.24, 2.45) is 0 Å². The van der Waals surface area contributed by atoms with Gasteiger partial charge in [-0.2, -0.15) is 0 Å². The molecule has 7 nitrogen and oxygen atoms in total. The van der Waals surface area contributed by atoms with Gasteiger partial charge in [0.2, 0.25) is 0 Å². The molecule has 14 aromatic rings. The van der Waals surface area contributed by atoms with Crippen molar-refractivity contribution in [2.75, 3.05) is 0 Å². The van der Waals surface area contributed by atoms with Crippen LogP contribution < -0.4 is 0 Å². The minimum Gasteiger partial charge on any atom is -0.456 e. The molecule has 0 unspecified atom stereocenters. The average molecular weight is 795 g/mol. The van der Waals surface area contributed by atoms with E-state index in [2.05, 4.69) is 114 Å². The normalized spacial score (nSPS) is 12.2. The maximum Gasteiger partial charge on any atom is 0.167 e. The number of para-hydroxylation sites is 6. The van der Waals surface area contributed by atoms with Crippen LogP contribution in [0.1, 0.15) is 0 Å². The van der Waals surface area contributed by atoms with Crippen LogP contribution in [0.2, 0.25) is 0 Å². The summed E-state index contributed by atoms with van der Waals surface area (Å²) in [7, 11) is 0. The molecular weight excluding hydrogens is 765 g/mol. The van der Waals surface area contributed by atoms with Gasteiger partial charge < -0.3 is 17.8 Å².